The molecule has 0 bridgehead atoms. The quantitative estimate of drug-likeness (QED) is 0.345. The minimum atomic E-state index is -0.737. The molecule has 2 saturated heterocycles. The summed E-state index contributed by atoms with van der Waals surface area (Å²) >= 11 is 4.17. The van der Waals surface area contributed by atoms with Gasteiger partial charge in [0.15, 0.2) is 12.0 Å². The van der Waals surface area contributed by atoms with Gasteiger partial charge in [-0.25, -0.2) is 4.79 Å². The lowest BCUT2D eigenvalue weighted by Crippen LogP contribution is -2.41. The van der Waals surface area contributed by atoms with Crippen molar-refractivity contribution >= 4 is 45.2 Å². The second-order valence-corrected chi connectivity index (χ2v) is 8.13. The Morgan fingerprint density at radius 2 is 2.00 bits per heavy atom. The van der Waals surface area contributed by atoms with Gasteiger partial charge in [0.1, 0.15) is 12.2 Å². The van der Waals surface area contributed by atoms with Crippen molar-refractivity contribution in [2.75, 3.05) is 4.43 Å². The molecule has 3 rings (SSSR count). The van der Waals surface area contributed by atoms with Gasteiger partial charge in [-0.1, -0.05) is 28.7 Å². The molecule has 0 spiro atoms. The summed E-state index contributed by atoms with van der Waals surface area (Å²) in [5.74, 6) is -0.737. The lowest BCUT2D eigenvalue weighted by Gasteiger charge is -2.26. The van der Waals surface area contributed by atoms with Crippen molar-refractivity contribution in [3.63, 3.8) is 0 Å². The van der Waals surface area contributed by atoms with Crippen LogP contribution in [0.5, 0.6) is 0 Å². The molecule has 0 radical (unpaired) electrons. The highest BCUT2D eigenvalue weighted by Crippen LogP contribution is 2.43. The highest BCUT2D eigenvalue weighted by molar-refractivity contribution is 14.1. The van der Waals surface area contributed by atoms with Gasteiger partial charge in [-0.05, 0) is 36.4 Å². The first-order chi connectivity index (χ1) is 11.3. The van der Waals surface area contributed by atoms with Gasteiger partial charge in [-0.3, -0.25) is 14.3 Å². The second-order valence-electron chi connectivity index (χ2n) is 6.17. The minimum absolute atomic E-state index is 0.185. The lowest BCUT2D eigenvalue weighted by molar-refractivity contribution is -0.194. The largest absolute Gasteiger partial charge is 0.348 e. The van der Waals surface area contributed by atoms with Crippen molar-refractivity contribution < 1.29 is 14.2 Å². The highest BCUT2D eigenvalue weighted by Gasteiger charge is 2.56. The first kappa shape index (κ1) is 18.5. The summed E-state index contributed by atoms with van der Waals surface area (Å²) in [5.41, 5.74) is -0.341. The number of fused-ring (bicyclic) bond motifs is 1. The van der Waals surface area contributed by atoms with E-state index in [4.69, 9.17) is 14.2 Å². The third-order valence-corrected chi connectivity index (χ3v) is 6.03. The maximum Gasteiger partial charge on any atom is 0.330 e. The van der Waals surface area contributed by atoms with Crippen molar-refractivity contribution in [3.8, 4) is 0 Å². The molecule has 4 atom stereocenters. The molecular weight excluding hydrogens is 542 g/mol. The van der Waals surface area contributed by atoms with Crippen LogP contribution in [0.1, 0.15) is 25.8 Å². The van der Waals surface area contributed by atoms with Gasteiger partial charge in [-0.15, -0.1) is 6.58 Å². The van der Waals surface area contributed by atoms with E-state index in [1.165, 1.54) is 4.57 Å². The maximum atomic E-state index is 12.5. The summed E-state index contributed by atoms with van der Waals surface area (Å²) in [5, 5.41) is 0. The fraction of sp³-hybridized carbons (Fsp3) is 0.600. The number of hydrogen-bond donors (Lipinski definition) is 1. The van der Waals surface area contributed by atoms with Crippen LogP contribution in [0.3, 0.4) is 0 Å². The lowest BCUT2D eigenvalue weighted by atomic mass is 10.1. The van der Waals surface area contributed by atoms with Crippen molar-refractivity contribution in [3.05, 3.63) is 42.8 Å². The SMILES string of the molecule is C=CCc1c(I)c(=O)[nH]c(=O)n1[C@@H]1O[C@H](CI)[C@H]2OC(C)(C)O[C@H]21. The maximum absolute atomic E-state index is 12.5. The summed E-state index contributed by atoms with van der Waals surface area (Å²) in [6, 6.07) is 0. The number of alkyl halides is 1. The number of hydrogen-bond acceptors (Lipinski definition) is 5. The second kappa shape index (κ2) is 6.82. The Kier molecular flexibility index (Phi) is 5.27. The average Bonchev–Trinajstić information content (AvgIpc) is 2.98. The molecule has 0 saturated carbocycles. The number of aromatic nitrogens is 2. The fourth-order valence-electron chi connectivity index (χ4n) is 3.16. The highest BCUT2D eigenvalue weighted by atomic mass is 127. The van der Waals surface area contributed by atoms with Crippen molar-refractivity contribution in [2.45, 2.75) is 50.6 Å². The summed E-state index contributed by atoms with van der Waals surface area (Å²) in [6.07, 6.45) is 0.538. The number of allylic oxidation sites excluding steroid dienone is 1. The van der Waals surface area contributed by atoms with E-state index in [-0.39, 0.29) is 12.2 Å². The van der Waals surface area contributed by atoms with Gasteiger partial charge >= 0.3 is 5.69 Å². The van der Waals surface area contributed by atoms with E-state index in [1.54, 1.807) is 6.08 Å². The van der Waals surface area contributed by atoms with Crippen molar-refractivity contribution in [1.82, 2.24) is 9.55 Å². The van der Waals surface area contributed by atoms with Crippen LogP contribution in [0.2, 0.25) is 0 Å². The molecule has 1 N–H and O–H groups in total. The van der Waals surface area contributed by atoms with Gasteiger partial charge in [0.05, 0.1) is 9.67 Å². The molecule has 2 fully saturated rings. The Morgan fingerprint density at radius 1 is 1.33 bits per heavy atom. The zero-order valence-electron chi connectivity index (χ0n) is 13.3. The number of ether oxygens (including phenoxy) is 3. The van der Waals surface area contributed by atoms with Crippen LogP contribution < -0.4 is 11.2 Å². The Labute approximate surface area is 166 Å². The molecule has 9 heteroatoms. The van der Waals surface area contributed by atoms with Crippen LogP contribution in [0.4, 0.5) is 0 Å². The molecule has 24 heavy (non-hydrogen) atoms. The Hall–Kier alpha value is -0.240. The molecule has 2 aliphatic rings. The topological polar surface area (TPSA) is 82.6 Å². The van der Waals surface area contributed by atoms with Gasteiger partial charge in [0.25, 0.3) is 5.56 Å². The fourth-order valence-corrected chi connectivity index (χ4v) is 4.48. The Bertz CT molecular complexity index is 772. The summed E-state index contributed by atoms with van der Waals surface area (Å²) in [6.45, 7) is 7.40. The van der Waals surface area contributed by atoms with Crippen LogP contribution >= 0.6 is 45.2 Å². The Balaban J connectivity index is 2.12. The van der Waals surface area contributed by atoms with Gasteiger partial charge < -0.3 is 14.2 Å². The zero-order chi connectivity index (χ0) is 17.6. The van der Waals surface area contributed by atoms with E-state index in [9.17, 15) is 9.59 Å². The van der Waals surface area contributed by atoms with Crippen molar-refractivity contribution in [1.29, 1.82) is 0 Å². The molecule has 1 aromatic heterocycles. The number of nitrogens with one attached hydrogen (secondary N) is 1. The molecule has 0 aromatic carbocycles. The third-order valence-electron chi connectivity index (χ3n) is 4.05. The molecule has 3 heterocycles. The number of halogens is 2. The average molecular weight is 560 g/mol. The zero-order valence-corrected chi connectivity index (χ0v) is 17.6. The Morgan fingerprint density at radius 3 is 2.62 bits per heavy atom. The monoisotopic (exact) mass is 560 g/mol. The number of nitrogens with zero attached hydrogens (tertiary/aromatic N) is 1. The molecule has 2 aliphatic heterocycles. The third kappa shape index (κ3) is 3.13. The molecular formula is C15H18I2N2O5. The molecule has 0 aliphatic carbocycles. The predicted octanol–water partition coefficient (Wildman–Crippen LogP) is 1.72. The standard InChI is InChI=1S/C15H18I2N2O5/c1-4-5-7-9(17)12(20)18-14(21)19(7)13-11-10(8(6-16)22-13)23-15(2,3)24-11/h4,8,10-11,13H,1,5-6H2,2-3H3,(H,18,20,21)/t8-,10-,11-,13-/m1/s1. The van der Waals surface area contributed by atoms with Crippen LogP contribution in [-0.4, -0.2) is 38.1 Å². The van der Waals surface area contributed by atoms with Crippen molar-refractivity contribution in [2.24, 2.45) is 0 Å². The summed E-state index contributed by atoms with van der Waals surface area (Å²) in [4.78, 5) is 26.8. The molecule has 132 valence electrons. The number of H-pyrrole nitrogens is 1. The predicted molar refractivity (Wildman–Crippen MR) is 105 cm³/mol. The number of rotatable bonds is 4. The van der Waals surface area contributed by atoms with Crippen LogP contribution in [-0.2, 0) is 20.6 Å². The van der Waals surface area contributed by atoms with E-state index >= 15 is 0 Å². The van der Waals surface area contributed by atoms with E-state index in [0.29, 0.717) is 20.1 Å². The number of aromatic amines is 1. The van der Waals surface area contributed by atoms with E-state index < -0.39 is 29.4 Å². The summed E-state index contributed by atoms with van der Waals surface area (Å²) in [7, 11) is 0. The molecule has 0 amide bonds. The van der Waals surface area contributed by atoms with E-state index in [1.807, 2.05) is 36.4 Å². The van der Waals surface area contributed by atoms with Crippen LogP contribution in [0.15, 0.2) is 22.2 Å². The van der Waals surface area contributed by atoms with Gasteiger partial charge in [0.2, 0.25) is 0 Å². The molecule has 7 nitrogen and oxygen atoms in total. The van der Waals surface area contributed by atoms with Gasteiger partial charge in [-0.2, -0.15) is 0 Å². The molecule has 1 aromatic rings. The smallest absolute Gasteiger partial charge is 0.330 e. The normalized spacial score (nSPS) is 31.2. The first-order valence-corrected chi connectivity index (χ1v) is 10.1. The minimum Gasteiger partial charge on any atom is -0.348 e. The first-order valence-electron chi connectivity index (χ1n) is 7.50. The van der Waals surface area contributed by atoms with E-state index in [2.05, 4.69) is 34.2 Å². The summed E-state index contributed by atoms with van der Waals surface area (Å²) < 4.78 is 20.7. The van der Waals surface area contributed by atoms with E-state index in [0.717, 1.165) is 0 Å². The van der Waals surface area contributed by atoms with Crippen LogP contribution in [0, 0.1) is 3.57 Å². The molecule has 0 unspecified atom stereocenters. The van der Waals surface area contributed by atoms with Crippen LogP contribution in [0.25, 0.3) is 0 Å². The van der Waals surface area contributed by atoms with Gasteiger partial charge in [0, 0.05) is 16.5 Å².